The van der Waals surface area contributed by atoms with Crippen molar-refractivity contribution in [1.29, 1.82) is 0 Å². The van der Waals surface area contributed by atoms with E-state index in [1.807, 2.05) is 6.08 Å². The van der Waals surface area contributed by atoms with E-state index in [1.54, 1.807) is 20.0 Å². The first kappa shape index (κ1) is 14.8. The number of esters is 1. The summed E-state index contributed by atoms with van der Waals surface area (Å²) >= 11 is 0. The minimum atomic E-state index is -0.579. The van der Waals surface area contributed by atoms with Gasteiger partial charge in [0, 0.05) is 18.7 Å². The average Bonchev–Trinajstić information content (AvgIpc) is 2.39. The molecule has 19 heavy (non-hydrogen) atoms. The zero-order chi connectivity index (χ0) is 14.4. The Hall–Kier alpha value is -2.21. The van der Waals surface area contributed by atoms with Gasteiger partial charge in [-0.25, -0.2) is 4.79 Å². The summed E-state index contributed by atoms with van der Waals surface area (Å²) in [6.45, 7) is 2.37. The van der Waals surface area contributed by atoms with E-state index >= 15 is 0 Å². The van der Waals surface area contributed by atoms with Crippen molar-refractivity contribution in [2.45, 2.75) is 6.92 Å². The molecule has 0 heterocycles. The van der Waals surface area contributed by atoms with Crippen molar-refractivity contribution in [3.8, 4) is 0 Å². The van der Waals surface area contributed by atoms with Crippen LogP contribution in [0.5, 0.6) is 0 Å². The van der Waals surface area contributed by atoms with E-state index in [2.05, 4.69) is 10.1 Å². The first-order valence-electron chi connectivity index (χ1n) is 5.69. The summed E-state index contributed by atoms with van der Waals surface area (Å²) in [6, 6.07) is 2.67. The number of hydrogen-bond acceptors (Lipinski definition) is 5. The topological polar surface area (TPSA) is 81.5 Å². The number of ether oxygens (including phenoxy) is 1. The molecule has 0 saturated heterocycles. The SMILES string of the molecule is CNCC=Cc1cc([N+](=O)[O-])cc(C(=O)OC)c1C. The molecule has 0 spiro atoms. The highest BCUT2D eigenvalue weighted by atomic mass is 16.6. The Labute approximate surface area is 111 Å². The fraction of sp³-hybridized carbons (Fsp3) is 0.308. The fourth-order valence-corrected chi connectivity index (χ4v) is 1.63. The standard InChI is InChI=1S/C13H16N2O4/c1-9-10(5-4-6-14-2)7-11(15(17)18)8-12(9)13(16)19-3/h4-5,7-8,14H,6H2,1-3H3. The highest BCUT2D eigenvalue weighted by Crippen LogP contribution is 2.24. The number of hydrogen-bond donors (Lipinski definition) is 1. The highest BCUT2D eigenvalue weighted by Gasteiger charge is 2.17. The first-order valence-corrected chi connectivity index (χ1v) is 5.69. The Bertz CT molecular complexity index is 524. The van der Waals surface area contributed by atoms with Crippen molar-refractivity contribution < 1.29 is 14.5 Å². The van der Waals surface area contributed by atoms with Gasteiger partial charge in [-0.1, -0.05) is 12.2 Å². The Morgan fingerprint density at radius 3 is 2.74 bits per heavy atom. The quantitative estimate of drug-likeness (QED) is 0.499. The molecule has 0 fully saturated rings. The van der Waals surface area contributed by atoms with Crippen LogP contribution in [0, 0.1) is 17.0 Å². The van der Waals surface area contributed by atoms with Gasteiger partial charge in [-0.15, -0.1) is 0 Å². The van der Waals surface area contributed by atoms with Crippen molar-refractivity contribution in [2.75, 3.05) is 20.7 Å². The normalized spacial score (nSPS) is 10.7. The number of likely N-dealkylation sites (N-methyl/N-ethyl adjacent to an activating group) is 1. The molecular formula is C13H16N2O4. The molecule has 1 aromatic rings. The predicted molar refractivity (Wildman–Crippen MR) is 72.1 cm³/mol. The van der Waals surface area contributed by atoms with Gasteiger partial charge in [0.05, 0.1) is 17.6 Å². The zero-order valence-corrected chi connectivity index (χ0v) is 11.1. The number of carbonyl (C=O) groups excluding carboxylic acids is 1. The molecule has 1 rings (SSSR count). The summed E-state index contributed by atoms with van der Waals surface area (Å²) in [5.74, 6) is -0.579. The Kier molecular flexibility index (Phi) is 5.20. The van der Waals surface area contributed by atoms with E-state index in [9.17, 15) is 14.9 Å². The largest absolute Gasteiger partial charge is 0.465 e. The van der Waals surface area contributed by atoms with Gasteiger partial charge in [-0.3, -0.25) is 10.1 Å². The fourth-order valence-electron chi connectivity index (χ4n) is 1.63. The van der Waals surface area contributed by atoms with E-state index in [0.717, 1.165) is 0 Å². The number of non-ortho nitro benzene ring substituents is 1. The van der Waals surface area contributed by atoms with Crippen LogP contribution in [0.25, 0.3) is 6.08 Å². The van der Waals surface area contributed by atoms with E-state index in [4.69, 9.17) is 0 Å². The molecule has 0 saturated carbocycles. The van der Waals surface area contributed by atoms with E-state index in [1.165, 1.54) is 19.2 Å². The molecule has 6 nitrogen and oxygen atoms in total. The third-order valence-corrected chi connectivity index (χ3v) is 2.67. The Morgan fingerprint density at radius 1 is 1.53 bits per heavy atom. The number of nitrogens with one attached hydrogen (secondary N) is 1. The summed E-state index contributed by atoms with van der Waals surface area (Å²) < 4.78 is 4.63. The van der Waals surface area contributed by atoms with Crippen molar-refractivity contribution in [3.63, 3.8) is 0 Å². The van der Waals surface area contributed by atoms with Crippen LogP contribution < -0.4 is 5.32 Å². The van der Waals surface area contributed by atoms with Gasteiger partial charge in [-0.2, -0.15) is 0 Å². The minimum Gasteiger partial charge on any atom is -0.465 e. The summed E-state index contributed by atoms with van der Waals surface area (Å²) in [6.07, 6.45) is 3.57. The maximum atomic E-state index is 11.6. The van der Waals surface area contributed by atoms with Crippen LogP contribution in [0.1, 0.15) is 21.5 Å². The molecule has 1 N–H and O–H groups in total. The van der Waals surface area contributed by atoms with Crippen LogP contribution in [-0.4, -0.2) is 31.6 Å². The van der Waals surface area contributed by atoms with Gasteiger partial charge in [0.15, 0.2) is 0 Å². The lowest BCUT2D eigenvalue weighted by Crippen LogP contribution is -2.07. The maximum absolute atomic E-state index is 11.6. The van der Waals surface area contributed by atoms with Crippen LogP contribution in [0.4, 0.5) is 5.69 Å². The number of methoxy groups -OCH3 is 1. The molecule has 0 aliphatic rings. The molecule has 0 amide bonds. The van der Waals surface area contributed by atoms with Gasteiger partial charge >= 0.3 is 5.97 Å². The van der Waals surface area contributed by atoms with Crippen LogP contribution in [0.2, 0.25) is 0 Å². The minimum absolute atomic E-state index is 0.130. The van der Waals surface area contributed by atoms with E-state index < -0.39 is 10.9 Å². The van der Waals surface area contributed by atoms with Crippen LogP contribution >= 0.6 is 0 Å². The smallest absolute Gasteiger partial charge is 0.338 e. The molecular weight excluding hydrogens is 248 g/mol. The predicted octanol–water partition coefficient (Wildman–Crippen LogP) is 1.92. The number of nitro benzene ring substituents is 1. The highest BCUT2D eigenvalue weighted by molar-refractivity contribution is 5.93. The average molecular weight is 264 g/mol. The maximum Gasteiger partial charge on any atom is 0.338 e. The van der Waals surface area contributed by atoms with Crippen molar-refractivity contribution in [3.05, 3.63) is 45.0 Å². The number of carbonyl (C=O) groups is 1. The van der Waals surface area contributed by atoms with E-state index in [-0.39, 0.29) is 11.3 Å². The van der Waals surface area contributed by atoms with Crippen LogP contribution in [0.3, 0.4) is 0 Å². The monoisotopic (exact) mass is 264 g/mol. The lowest BCUT2D eigenvalue weighted by atomic mass is 10.0. The molecule has 0 atom stereocenters. The Balaban J connectivity index is 3.32. The zero-order valence-electron chi connectivity index (χ0n) is 11.1. The lowest BCUT2D eigenvalue weighted by Gasteiger charge is -2.07. The van der Waals surface area contributed by atoms with E-state index in [0.29, 0.717) is 17.7 Å². The summed E-state index contributed by atoms with van der Waals surface area (Å²) in [5.41, 5.74) is 1.37. The lowest BCUT2D eigenvalue weighted by molar-refractivity contribution is -0.384. The summed E-state index contributed by atoms with van der Waals surface area (Å²) in [5, 5.41) is 13.8. The molecule has 0 aromatic heterocycles. The second kappa shape index (κ2) is 6.65. The molecule has 1 aromatic carbocycles. The molecule has 0 unspecified atom stereocenters. The van der Waals surface area contributed by atoms with Gasteiger partial charge < -0.3 is 10.1 Å². The second-order valence-corrected chi connectivity index (χ2v) is 3.92. The molecule has 0 radical (unpaired) electrons. The number of nitrogens with zero attached hydrogens (tertiary/aromatic N) is 1. The molecule has 0 bridgehead atoms. The van der Waals surface area contributed by atoms with Crippen LogP contribution in [-0.2, 0) is 4.74 Å². The van der Waals surface area contributed by atoms with Crippen molar-refractivity contribution in [1.82, 2.24) is 5.32 Å². The van der Waals surface area contributed by atoms with Crippen molar-refractivity contribution >= 4 is 17.7 Å². The van der Waals surface area contributed by atoms with Gasteiger partial charge in [0.25, 0.3) is 5.69 Å². The van der Waals surface area contributed by atoms with Gasteiger partial charge in [0.1, 0.15) is 0 Å². The van der Waals surface area contributed by atoms with Gasteiger partial charge in [0.2, 0.25) is 0 Å². The summed E-state index contributed by atoms with van der Waals surface area (Å²) in [4.78, 5) is 22.0. The van der Waals surface area contributed by atoms with Crippen LogP contribution in [0.15, 0.2) is 18.2 Å². The molecule has 6 heteroatoms. The third kappa shape index (κ3) is 3.62. The summed E-state index contributed by atoms with van der Waals surface area (Å²) in [7, 11) is 3.04. The molecule has 0 aliphatic heterocycles. The third-order valence-electron chi connectivity index (χ3n) is 2.67. The first-order chi connectivity index (χ1) is 9.01. The molecule has 102 valence electrons. The van der Waals surface area contributed by atoms with Crippen molar-refractivity contribution in [2.24, 2.45) is 0 Å². The second-order valence-electron chi connectivity index (χ2n) is 3.92. The number of benzene rings is 1. The number of rotatable bonds is 5. The molecule has 0 aliphatic carbocycles. The Morgan fingerprint density at radius 2 is 2.21 bits per heavy atom. The number of nitro groups is 1. The van der Waals surface area contributed by atoms with Gasteiger partial charge in [-0.05, 0) is 25.1 Å².